The standard InChI is InChI=1S/2C9H9NO.Cu/c2*11-8-5-1-3-7-4-2-6-10-9(7)8;/h2*1-2,4-6,9-10H,3H2;. The molecule has 5 heteroatoms. The molecule has 2 aliphatic heterocycles. The van der Waals surface area contributed by atoms with Crippen LogP contribution in [-0.4, -0.2) is 23.7 Å². The molecule has 0 saturated heterocycles. The van der Waals surface area contributed by atoms with Crippen LogP contribution >= 0.6 is 0 Å². The second-order valence-electron chi connectivity index (χ2n) is 5.42. The first-order valence-corrected chi connectivity index (χ1v) is 7.40. The fraction of sp³-hybridized carbons (Fsp3) is 0.222. The smallest absolute Gasteiger partial charge is 0.181 e. The van der Waals surface area contributed by atoms with Crippen LogP contribution in [0, 0.1) is 0 Å². The van der Waals surface area contributed by atoms with E-state index in [4.69, 9.17) is 0 Å². The van der Waals surface area contributed by atoms with Crippen LogP contribution in [0.3, 0.4) is 0 Å². The van der Waals surface area contributed by atoms with E-state index in [1.54, 1.807) is 12.2 Å². The zero-order valence-corrected chi connectivity index (χ0v) is 13.4. The molecule has 1 radical (unpaired) electrons. The Balaban J connectivity index is 0.000000160. The molecule has 0 aromatic rings. The fourth-order valence-electron chi connectivity index (χ4n) is 2.77. The number of hydrogen-bond acceptors (Lipinski definition) is 4. The number of hydrogen-bond donors (Lipinski definition) is 2. The molecule has 0 aromatic carbocycles. The summed E-state index contributed by atoms with van der Waals surface area (Å²) in [5.74, 6) is 0.318. The Kier molecular flexibility index (Phi) is 5.97. The van der Waals surface area contributed by atoms with Crippen LogP contribution in [0.5, 0.6) is 0 Å². The number of dihydropyridines is 2. The van der Waals surface area contributed by atoms with Gasteiger partial charge in [0.05, 0.1) is 0 Å². The predicted molar refractivity (Wildman–Crippen MR) is 85.8 cm³/mol. The van der Waals surface area contributed by atoms with Gasteiger partial charge in [-0.05, 0) is 60.7 Å². The first kappa shape index (κ1) is 17.3. The topological polar surface area (TPSA) is 58.2 Å². The monoisotopic (exact) mass is 357 g/mol. The SMILES string of the molecule is O=C1C=CCC2=CC=CNC12.O=C1C=CCC2=CC=CNC12.[Cu]. The van der Waals surface area contributed by atoms with Gasteiger partial charge in [0.15, 0.2) is 11.6 Å². The number of rotatable bonds is 0. The largest absolute Gasteiger partial charge is 0.378 e. The van der Waals surface area contributed by atoms with Gasteiger partial charge >= 0.3 is 0 Å². The number of fused-ring (bicyclic) bond motifs is 2. The molecule has 0 aromatic heterocycles. The summed E-state index contributed by atoms with van der Waals surface area (Å²) in [7, 11) is 0. The fourth-order valence-corrected chi connectivity index (χ4v) is 2.77. The molecule has 0 saturated carbocycles. The van der Waals surface area contributed by atoms with Crippen LogP contribution in [0.2, 0.25) is 0 Å². The first-order chi connectivity index (χ1) is 10.8. The summed E-state index contributed by atoms with van der Waals surface area (Å²) in [6.45, 7) is 0. The molecule has 2 aliphatic carbocycles. The second-order valence-corrected chi connectivity index (χ2v) is 5.42. The van der Waals surface area contributed by atoms with Crippen molar-refractivity contribution in [1.82, 2.24) is 10.6 Å². The van der Waals surface area contributed by atoms with Gasteiger partial charge in [-0.2, -0.15) is 0 Å². The van der Waals surface area contributed by atoms with Crippen molar-refractivity contribution < 1.29 is 26.7 Å². The Hall–Kier alpha value is -2.10. The summed E-state index contributed by atoms with van der Waals surface area (Å²) in [5.41, 5.74) is 2.33. The van der Waals surface area contributed by atoms with Gasteiger partial charge in [-0.3, -0.25) is 9.59 Å². The number of carbonyl (C=O) groups excluding carboxylic acids is 2. The van der Waals surface area contributed by atoms with Crippen molar-refractivity contribution in [2.45, 2.75) is 24.9 Å². The molecule has 0 bridgehead atoms. The van der Waals surface area contributed by atoms with Crippen molar-refractivity contribution >= 4 is 11.6 Å². The van der Waals surface area contributed by atoms with Gasteiger partial charge in [-0.1, -0.05) is 24.3 Å². The summed E-state index contributed by atoms with van der Waals surface area (Å²) in [4.78, 5) is 22.4. The van der Waals surface area contributed by atoms with Gasteiger partial charge < -0.3 is 10.6 Å². The van der Waals surface area contributed by atoms with Crippen LogP contribution < -0.4 is 10.6 Å². The van der Waals surface area contributed by atoms with Gasteiger partial charge in [0.1, 0.15) is 12.1 Å². The molecule has 2 unspecified atom stereocenters. The molecule has 2 atom stereocenters. The molecule has 0 fully saturated rings. The predicted octanol–water partition coefficient (Wildman–Crippen LogP) is 1.85. The Morgan fingerprint density at radius 2 is 1.22 bits per heavy atom. The normalized spacial score (nSPS) is 26.3. The van der Waals surface area contributed by atoms with E-state index in [1.165, 1.54) is 11.1 Å². The molecule has 0 spiro atoms. The van der Waals surface area contributed by atoms with E-state index in [0.29, 0.717) is 0 Å². The minimum absolute atomic E-state index is 0. The van der Waals surface area contributed by atoms with Gasteiger partial charge in [-0.15, -0.1) is 0 Å². The molecule has 123 valence electrons. The molecular formula is C18H18CuN2O2. The molecule has 23 heavy (non-hydrogen) atoms. The summed E-state index contributed by atoms with van der Waals surface area (Å²) in [5, 5.41) is 6.04. The maximum Gasteiger partial charge on any atom is 0.181 e. The van der Waals surface area contributed by atoms with Crippen LogP contribution in [-0.2, 0) is 26.7 Å². The summed E-state index contributed by atoms with van der Waals surface area (Å²) >= 11 is 0. The first-order valence-electron chi connectivity index (χ1n) is 7.40. The Morgan fingerprint density at radius 3 is 1.61 bits per heavy atom. The van der Waals surface area contributed by atoms with E-state index in [0.717, 1.165) is 12.8 Å². The van der Waals surface area contributed by atoms with E-state index in [2.05, 4.69) is 10.6 Å². The maximum atomic E-state index is 11.2. The van der Waals surface area contributed by atoms with Gasteiger partial charge in [0, 0.05) is 17.1 Å². The number of ketones is 2. The molecule has 4 rings (SSSR count). The van der Waals surface area contributed by atoms with Crippen molar-refractivity contribution in [3.63, 3.8) is 0 Å². The molecular weight excluding hydrogens is 340 g/mol. The number of nitrogens with one attached hydrogen (secondary N) is 2. The quantitative estimate of drug-likeness (QED) is 0.650. The van der Waals surface area contributed by atoms with E-state index in [9.17, 15) is 9.59 Å². The Morgan fingerprint density at radius 1 is 0.783 bits per heavy atom. The van der Waals surface area contributed by atoms with Crippen LogP contribution in [0.15, 0.2) is 72.2 Å². The third-order valence-corrected chi connectivity index (χ3v) is 3.92. The van der Waals surface area contributed by atoms with Gasteiger partial charge in [0.2, 0.25) is 0 Å². The molecule has 2 heterocycles. The van der Waals surface area contributed by atoms with Gasteiger partial charge in [0.25, 0.3) is 0 Å². The third kappa shape index (κ3) is 4.00. The Bertz CT molecular complexity index is 611. The van der Waals surface area contributed by atoms with Crippen molar-refractivity contribution in [2.75, 3.05) is 0 Å². The van der Waals surface area contributed by atoms with Gasteiger partial charge in [-0.25, -0.2) is 0 Å². The van der Waals surface area contributed by atoms with Crippen LogP contribution in [0.4, 0.5) is 0 Å². The van der Waals surface area contributed by atoms with Crippen molar-refractivity contribution in [3.05, 3.63) is 72.2 Å². The van der Waals surface area contributed by atoms with Crippen LogP contribution in [0.1, 0.15) is 12.8 Å². The van der Waals surface area contributed by atoms with Crippen molar-refractivity contribution in [2.24, 2.45) is 0 Å². The average Bonchev–Trinajstić information content (AvgIpc) is 2.57. The summed E-state index contributed by atoms with van der Waals surface area (Å²) in [6, 6.07) is -0.157. The molecule has 0 amide bonds. The molecule has 4 nitrogen and oxygen atoms in total. The maximum absolute atomic E-state index is 11.2. The zero-order valence-electron chi connectivity index (χ0n) is 12.5. The minimum Gasteiger partial charge on any atom is -0.378 e. The van der Waals surface area contributed by atoms with Crippen LogP contribution in [0.25, 0.3) is 0 Å². The van der Waals surface area contributed by atoms with Crippen molar-refractivity contribution in [3.8, 4) is 0 Å². The molecule has 4 aliphatic rings. The second kappa shape index (κ2) is 7.95. The number of carbonyl (C=O) groups is 2. The molecule has 2 N–H and O–H groups in total. The zero-order chi connectivity index (χ0) is 15.4. The van der Waals surface area contributed by atoms with E-state index in [-0.39, 0.29) is 40.7 Å². The summed E-state index contributed by atoms with van der Waals surface area (Å²) < 4.78 is 0. The Labute approximate surface area is 146 Å². The minimum atomic E-state index is -0.0787. The third-order valence-electron chi connectivity index (χ3n) is 3.92. The van der Waals surface area contributed by atoms with Crippen molar-refractivity contribution in [1.29, 1.82) is 0 Å². The average molecular weight is 358 g/mol. The summed E-state index contributed by atoms with van der Waals surface area (Å²) in [6.07, 6.45) is 20.4. The van der Waals surface area contributed by atoms with E-state index >= 15 is 0 Å². The number of allylic oxidation sites excluding steroid dienone is 6. The van der Waals surface area contributed by atoms with E-state index < -0.39 is 0 Å². The van der Waals surface area contributed by atoms with E-state index in [1.807, 2.05) is 48.9 Å².